The van der Waals surface area contributed by atoms with Crippen LogP contribution in [0.1, 0.15) is 87.5 Å². The third kappa shape index (κ3) is 5.22. The highest BCUT2D eigenvalue weighted by Crippen LogP contribution is 2.21. The Labute approximate surface area is 145 Å². The summed E-state index contributed by atoms with van der Waals surface area (Å²) in [6.45, 7) is 0. The van der Waals surface area contributed by atoms with E-state index >= 15 is 0 Å². The van der Waals surface area contributed by atoms with Crippen LogP contribution in [0, 0.1) is 0 Å². The predicted molar refractivity (Wildman–Crippen MR) is 98.3 cm³/mol. The molecule has 4 nitrogen and oxygen atoms in total. The lowest BCUT2D eigenvalue weighted by Gasteiger charge is -2.18. The van der Waals surface area contributed by atoms with Crippen molar-refractivity contribution in [2.45, 2.75) is 89.1 Å². The molecule has 1 aromatic heterocycles. The van der Waals surface area contributed by atoms with E-state index in [-0.39, 0.29) is 5.91 Å². The van der Waals surface area contributed by atoms with E-state index < -0.39 is 0 Å². The molecule has 4 heteroatoms. The molecule has 0 aromatic carbocycles. The number of amides is 1. The lowest BCUT2D eigenvalue weighted by Crippen LogP contribution is -2.34. The third-order valence-corrected chi connectivity index (χ3v) is 5.41. The summed E-state index contributed by atoms with van der Waals surface area (Å²) in [5, 5.41) is 6.74. The van der Waals surface area contributed by atoms with Gasteiger partial charge in [-0.05, 0) is 37.8 Å². The third-order valence-electron chi connectivity index (χ3n) is 5.41. The molecule has 0 aliphatic heterocycles. The molecule has 0 bridgehead atoms. The number of rotatable bonds is 4. The highest BCUT2D eigenvalue weighted by Gasteiger charge is 2.17. The van der Waals surface area contributed by atoms with Crippen LogP contribution in [-0.4, -0.2) is 23.0 Å². The Morgan fingerprint density at radius 2 is 1.42 bits per heavy atom. The number of nitrogens with one attached hydrogen (secondary N) is 2. The molecular weight excluding hydrogens is 298 g/mol. The SMILES string of the molecule is O=C(NC1CCCCCC1)c1ccc(NC2CCCCCC2)cn1. The standard InChI is InChI=1S/C20H31N3O/c24-20(23-17-11-7-3-4-8-12-17)19-14-13-18(15-21-19)22-16-9-5-1-2-6-10-16/h13-17,22H,1-12H2,(H,23,24). The summed E-state index contributed by atoms with van der Waals surface area (Å²) in [6.07, 6.45) is 16.9. The first-order valence-corrected chi connectivity index (χ1v) is 9.85. The van der Waals surface area contributed by atoms with Crippen molar-refractivity contribution >= 4 is 11.6 Å². The van der Waals surface area contributed by atoms with Crippen LogP contribution < -0.4 is 10.6 Å². The summed E-state index contributed by atoms with van der Waals surface area (Å²) in [7, 11) is 0. The molecule has 2 aliphatic rings. The average molecular weight is 329 g/mol. The van der Waals surface area contributed by atoms with Gasteiger partial charge in [0.25, 0.3) is 5.91 Å². The molecule has 0 saturated heterocycles. The molecule has 1 aromatic rings. The van der Waals surface area contributed by atoms with Gasteiger partial charge in [0.15, 0.2) is 0 Å². The Morgan fingerprint density at radius 1 is 0.833 bits per heavy atom. The highest BCUT2D eigenvalue weighted by molar-refractivity contribution is 5.92. The first kappa shape index (κ1) is 17.2. The van der Waals surface area contributed by atoms with E-state index in [9.17, 15) is 4.79 Å². The summed E-state index contributed by atoms with van der Waals surface area (Å²) < 4.78 is 0. The fourth-order valence-corrected chi connectivity index (χ4v) is 3.96. The van der Waals surface area contributed by atoms with E-state index in [2.05, 4.69) is 15.6 Å². The topological polar surface area (TPSA) is 54.0 Å². The van der Waals surface area contributed by atoms with E-state index in [0.29, 0.717) is 17.8 Å². The molecule has 0 spiro atoms. The molecule has 2 saturated carbocycles. The lowest BCUT2D eigenvalue weighted by atomic mass is 10.1. The smallest absolute Gasteiger partial charge is 0.270 e. The molecule has 0 unspecified atom stereocenters. The quantitative estimate of drug-likeness (QED) is 0.789. The number of pyridine rings is 1. The molecule has 1 amide bonds. The Hall–Kier alpha value is -1.58. The van der Waals surface area contributed by atoms with Crippen molar-refractivity contribution < 1.29 is 4.79 Å². The van der Waals surface area contributed by atoms with Crippen LogP contribution in [0.5, 0.6) is 0 Å². The summed E-state index contributed by atoms with van der Waals surface area (Å²) in [5.74, 6) is -0.0251. The molecule has 3 rings (SSSR count). The van der Waals surface area contributed by atoms with Crippen molar-refractivity contribution in [1.29, 1.82) is 0 Å². The van der Waals surface area contributed by atoms with Crippen molar-refractivity contribution in [3.8, 4) is 0 Å². The van der Waals surface area contributed by atoms with Gasteiger partial charge in [-0.15, -0.1) is 0 Å². The van der Waals surface area contributed by atoms with E-state index in [1.807, 2.05) is 18.3 Å². The minimum Gasteiger partial charge on any atom is -0.381 e. The highest BCUT2D eigenvalue weighted by atomic mass is 16.1. The Morgan fingerprint density at radius 3 is 1.96 bits per heavy atom. The van der Waals surface area contributed by atoms with Gasteiger partial charge in [-0.25, -0.2) is 4.98 Å². The molecule has 0 atom stereocenters. The second-order valence-corrected chi connectivity index (χ2v) is 7.43. The molecule has 2 N–H and O–H groups in total. The number of carbonyl (C=O) groups excluding carboxylic acids is 1. The fourth-order valence-electron chi connectivity index (χ4n) is 3.96. The van der Waals surface area contributed by atoms with Crippen LogP contribution in [0.15, 0.2) is 18.3 Å². The first-order valence-electron chi connectivity index (χ1n) is 9.85. The largest absolute Gasteiger partial charge is 0.381 e. The Bertz CT molecular complexity index is 498. The molecule has 132 valence electrons. The number of hydrogen-bond donors (Lipinski definition) is 2. The fraction of sp³-hybridized carbons (Fsp3) is 0.700. The molecular formula is C20H31N3O. The summed E-state index contributed by atoms with van der Waals surface area (Å²) in [5.41, 5.74) is 1.57. The van der Waals surface area contributed by atoms with E-state index in [1.54, 1.807) is 0 Å². The maximum atomic E-state index is 12.4. The van der Waals surface area contributed by atoms with Gasteiger partial charge < -0.3 is 10.6 Å². The maximum absolute atomic E-state index is 12.4. The molecule has 2 aliphatic carbocycles. The number of aromatic nitrogens is 1. The van der Waals surface area contributed by atoms with Crippen LogP contribution in [0.4, 0.5) is 5.69 Å². The lowest BCUT2D eigenvalue weighted by molar-refractivity contribution is 0.0928. The van der Waals surface area contributed by atoms with E-state index in [4.69, 9.17) is 0 Å². The van der Waals surface area contributed by atoms with Crippen molar-refractivity contribution in [2.24, 2.45) is 0 Å². The van der Waals surface area contributed by atoms with Crippen molar-refractivity contribution in [3.63, 3.8) is 0 Å². The van der Waals surface area contributed by atoms with Gasteiger partial charge in [0.05, 0.1) is 11.9 Å². The van der Waals surface area contributed by atoms with Crippen LogP contribution in [0.2, 0.25) is 0 Å². The van der Waals surface area contributed by atoms with Crippen LogP contribution >= 0.6 is 0 Å². The van der Waals surface area contributed by atoms with Crippen molar-refractivity contribution in [1.82, 2.24) is 10.3 Å². The minimum absolute atomic E-state index is 0.0251. The van der Waals surface area contributed by atoms with Gasteiger partial charge in [-0.1, -0.05) is 51.4 Å². The van der Waals surface area contributed by atoms with Gasteiger partial charge in [0, 0.05) is 12.1 Å². The number of nitrogens with zero attached hydrogens (tertiary/aromatic N) is 1. The van der Waals surface area contributed by atoms with Gasteiger partial charge in [-0.3, -0.25) is 4.79 Å². The van der Waals surface area contributed by atoms with Gasteiger partial charge in [-0.2, -0.15) is 0 Å². The van der Waals surface area contributed by atoms with E-state index in [0.717, 1.165) is 18.5 Å². The molecule has 1 heterocycles. The van der Waals surface area contributed by atoms with Crippen molar-refractivity contribution in [3.05, 3.63) is 24.0 Å². The number of anilines is 1. The molecule has 24 heavy (non-hydrogen) atoms. The van der Waals surface area contributed by atoms with Crippen LogP contribution in [-0.2, 0) is 0 Å². The second kappa shape index (κ2) is 9.05. The number of hydrogen-bond acceptors (Lipinski definition) is 3. The molecule has 2 fully saturated rings. The van der Waals surface area contributed by atoms with Crippen LogP contribution in [0.25, 0.3) is 0 Å². The second-order valence-electron chi connectivity index (χ2n) is 7.43. The van der Waals surface area contributed by atoms with Crippen molar-refractivity contribution in [2.75, 3.05) is 5.32 Å². The normalized spacial score (nSPS) is 20.8. The zero-order chi connectivity index (χ0) is 16.6. The Kier molecular flexibility index (Phi) is 6.50. The number of carbonyl (C=O) groups is 1. The zero-order valence-electron chi connectivity index (χ0n) is 14.7. The molecule has 0 radical (unpaired) electrons. The first-order chi connectivity index (χ1) is 11.8. The Balaban J connectivity index is 1.52. The summed E-state index contributed by atoms with van der Waals surface area (Å²) >= 11 is 0. The van der Waals surface area contributed by atoms with Gasteiger partial charge in [0.1, 0.15) is 5.69 Å². The summed E-state index contributed by atoms with van der Waals surface area (Å²) in [6, 6.07) is 4.73. The zero-order valence-corrected chi connectivity index (χ0v) is 14.7. The average Bonchev–Trinajstić information content (AvgIpc) is 3.00. The summed E-state index contributed by atoms with van der Waals surface area (Å²) in [4.78, 5) is 16.8. The maximum Gasteiger partial charge on any atom is 0.270 e. The van der Waals surface area contributed by atoms with Gasteiger partial charge >= 0.3 is 0 Å². The van der Waals surface area contributed by atoms with Gasteiger partial charge in [0.2, 0.25) is 0 Å². The predicted octanol–water partition coefficient (Wildman–Crippen LogP) is 4.67. The monoisotopic (exact) mass is 329 g/mol. The van der Waals surface area contributed by atoms with E-state index in [1.165, 1.54) is 64.2 Å². The minimum atomic E-state index is -0.0251. The van der Waals surface area contributed by atoms with Crippen LogP contribution in [0.3, 0.4) is 0 Å².